The number of nitrogens with one attached hydrogen (secondary N) is 1. The van der Waals surface area contributed by atoms with Crippen LogP contribution in [0.3, 0.4) is 0 Å². The Hall–Kier alpha value is -0.770. The van der Waals surface area contributed by atoms with Crippen molar-refractivity contribution in [2.45, 2.75) is 19.0 Å². The Morgan fingerprint density at radius 3 is 2.83 bits per heavy atom. The SMILES string of the molecule is CC1CNCC(CN(C)C)N1c1cccc(Cl)c1. The van der Waals surface area contributed by atoms with Gasteiger partial charge in [0.25, 0.3) is 0 Å². The van der Waals surface area contributed by atoms with Crippen molar-refractivity contribution < 1.29 is 0 Å². The summed E-state index contributed by atoms with van der Waals surface area (Å²) < 4.78 is 0. The van der Waals surface area contributed by atoms with Gasteiger partial charge < -0.3 is 15.1 Å². The van der Waals surface area contributed by atoms with Crippen molar-refractivity contribution in [1.82, 2.24) is 10.2 Å². The highest BCUT2D eigenvalue weighted by Gasteiger charge is 2.28. The summed E-state index contributed by atoms with van der Waals surface area (Å²) in [6, 6.07) is 9.14. The fraction of sp³-hybridized carbons (Fsp3) is 0.571. The highest BCUT2D eigenvalue weighted by atomic mass is 35.5. The Bertz CT molecular complexity index is 394. The van der Waals surface area contributed by atoms with Crippen molar-refractivity contribution in [2.75, 3.05) is 38.6 Å². The second-order valence-corrected chi connectivity index (χ2v) is 5.75. The van der Waals surface area contributed by atoms with E-state index in [1.807, 2.05) is 12.1 Å². The third-order valence-electron chi connectivity index (χ3n) is 3.37. The Balaban J connectivity index is 2.24. The van der Waals surface area contributed by atoms with Gasteiger partial charge in [-0.2, -0.15) is 0 Å². The molecule has 1 aliphatic heterocycles. The number of rotatable bonds is 3. The van der Waals surface area contributed by atoms with Crippen molar-refractivity contribution >= 4 is 17.3 Å². The Kier molecular flexibility index (Phi) is 4.49. The quantitative estimate of drug-likeness (QED) is 0.905. The molecule has 0 aliphatic carbocycles. The van der Waals surface area contributed by atoms with Gasteiger partial charge in [0.2, 0.25) is 0 Å². The van der Waals surface area contributed by atoms with Crippen LogP contribution in [0.5, 0.6) is 0 Å². The first-order valence-electron chi connectivity index (χ1n) is 6.47. The Morgan fingerprint density at radius 2 is 2.17 bits per heavy atom. The van der Waals surface area contributed by atoms with Crippen LogP contribution < -0.4 is 10.2 Å². The van der Waals surface area contributed by atoms with Crippen LogP contribution in [0.2, 0.25) is 5.02 Å². The molecule has 2 unspecified atom stereocenters. The average Bonchev–Trinajstić information content (AvgIpc) is 2.28. The van der Waals surface area contributed by atoms with Gasteiger partial charge in [-0.05, 0) is 39.2 Å². The molecule has 1 saturated heterocycles. The highest BCUT2D eigenvalue weighted by molar-refractivity contribution is 6.30. The third kappa shape index (κ3) is 3.16. The lowest BCUT2D eigenvalue weighted by Gasteiger charge is -2.44. The predicted octanol–water partition coefficient (Wildman–Crippen LogP) is 2.07. The molecule has 0 amide bonds. The van der Waals surface area contributed by atoms with E-state index in [1.54, 1.807) is 0 Å². The number of hydrogen-bond acceptors (Lipinski definition) is 3. The van der Waals surface area contributed by atoms with Crippen LogP contribution >= 0.6 is 11.6 Å². The summed E-state index contributed by atoms with van der Waals surface area (Å²) >= 11 is 6.11. The summed E-state index contributed by atoms with van der Waals surface area (Å²) in [5.74, 6) is 0. The average molecular weight is 268 g/mol. The van der Waals surface area contributed by atoms with E-state index in [9.17, 15) is 0 Å². The van der Waals surface area contributed by atoms with Crippen molar-refractivity contribution in [2.24, 2.45) is 0 Å². The van der Waals surface area contributed by atoms with Crippen LogP contribution in [0, 0.1) is 0 Å². The Morgan fingerprint density at radius 1 is 1.39 bits per heavy atom. The highest BCUT2D eigenvalue weighted by Crippen LogP contribution is 2.25. The van der Waals surface area contributed by atoms with E-state index in [-0.39, 0.29) is 0 Å². The predicted molar refractivity (Wildman–Crippen MR) is 78.6 cm³/mol. The van der Waals surface area contributed by atoms with Gasteiger partial charge in [0, 0.05) is 36.4 Å². The van der Waals surface area contributed by atoms with Gasteiger partial charge in [-0.1, -0.05) is 17.7 Å². The fourth-order valence-electron chi connectivity index (χ4n) is 2.69. The lowest BCUT2D eigenvalue weighted by atomic mass is 10.1. The van der Waals surface area contributed by atoms with Gasteiger partial charge >= 0.3 is 0 Å². The lowest BCUT2D eigenvalue weighted by molar-refractivity contribution is 0.316. The van der Waals surface area contributed by atoms with Gasteiger partial charge in [0.1, 0.15) is 0 Å². The molecule has 18 heavy (non-hydrogen) atoms. The molecular weight excluding hydrogens is 246 g/mol. The van der Waals surface area contributed by atoms with Crippen molar-refractivity contribution in [3.05, 3.63) is 29.3 Å². The monoisotopic (exact) mass is 267 g/mol. The zero-order valence-corrected chi connectivity index (χ0v) is 12.1. The summed E-state index contributed by atoms with van der Waals surface area (Å²) in [5.41, 5.74) is 1.23. The molecule has 1 aliphatic rings. The molecule has 1 aromatic rings. The van der Waals surface area contributed by atoms with E-state index in [0.717, 1.165) is 24.7 Å². The zero-order chi connectivity index (χ0) is 13.1. The number of anilines is 1. The first-order valence-corrected chi connectivity index (χ1v) is 6.85. The molecule has 1 fully saturated rings. The van der Waals surface area contributed by atoms with Gasteiger partial charge in [0.05, 0.1) is 6.04 Å². The molecule has 2 rings (SSSR count). The Labute approximate surface area is 115 Å². The minimum Gasteiger partial charge on any atom is -0.362 e. The molecule has 0 radical (unpaired) electrons. The van der Waals surface area contributed by atoms with Crippen LogP contribution in [0.15, 0.2) is 24.3 Å². The topological polar surface area (TPSA) is 18.5 Å². The molecular formula is C14H22ClN3. The van der Waals surface area contributed by atoms with Crippen LogP contribution in [-0.4, -0.2) is 50.7 Å². The molecule has 1 heterocycles. The van der Waals surface area contributed by atoms with E-state index in [2.05, 4.69) is 48.3 Å². The molecule has 0 saturated carbocycles. The third-order valence-corrected chi connectivity index (χ3v) is 3.61. The first-order chi connectivity index (χ1) is 8.58. The van der Waals surface area contributed by atoms with Crippen LogP contribution in [0.1, 0.15) is 6.92 Å². The minimum absolute atomic E-state index is 0.488. The molecule has 100 valence electrons. The number of piperazine rings is 1. The van der Waals surface area contributed by atoms with Crippen molar-refractivity contribution in [1.29, 1.82) is 0 Å². The van der Waals surface area contributed by atoms with Crippen LogP contribution in [-0.2, 0) is 0 Å². The number of hydrogen-bond donors (Lipinski definition) is 1. The molecule has 0 aromatic heterocycles. The van der Waals surface area contributed by atoms with Crippen molar-refractivity contribution in [3.63, 3.8) is 0 Å². The summed E-state index contributed by atoms with van der Waals surface area (Å²) in [4.78, 5) is 4.73. The second kappa shape index (κ2) is 5.91. The van der Waals surface area contributed by atoms with Gasteiger partial charge in [-0.3, -0.25) is 0 Å². The summed E-state index contributed by atoms with van der Waals surface area (Å²) in [6.07, 6.45) is 0. The van der Waals surface area contributed by atoms with Gasteiger partial charge in [0.15, 0.2) is 0 Å². The standard InChI is InChI=1S/C14H22ClN3/c1-11-8-16-9-14(10-17(2)3)18(11)13-6-4-5-12(15)7-13/h4-7,11,14,16H,8-10H2,1-3H3. The van der Waals surface area contributed by atoms with Crippen LogP contribution in [0.4, 0.5) is 5.69 Å². The number of likely N-dealkylation sites (N-methyl/N-ethyl adjacent to an activating group) is 1. The molecule has 1 N–H and O–H groups in total. The summed E-state index contributed by atoms with van der Waals surface area (Å²) in [5, 5.41) is 4.31. The molecule has 4 heteroatoms. The maximum Gasteiger partial charge on any atom is 0.0544 e. The first kappa shape index (κ1) is 13.7. The van der Waals surface area contributed by atoms with Gasteiger partial charge in [-0.15, -0.1) is 0 Å². The van der Waals surface area contributed by atoms with E-state index in [4.69, 9.17) is 11.6 Å². The normalized spacial score (nSPS) is 24.6. The maximum absolute atomic E-state index is 6.11. The minimum atomic E-state index is 0.488. The second-order valence-electron chi connectivity index (χ2n) is 5.31. The largest absolute Gasteiger partial charge is 0.362 e. The number of nitrogens with zero attached hydrogens (tertiary/aromatic N) is 2. The zero-order valence-electron chi connectivity index (χ0n) is 11.4. The maximum atomic E-state index is 6.11. The molecule has 1 aromatic carbocycles. The number of halogens is 1. The lowest BCUT2D eigenvalue weighted by Crippen LogP contribution is -2.59. The number of benzene rings is 1. The molecule has 0 spiro atoms. The van der Waals surface area contributed by atoms with E-state index >= 15 is 0 Å². The summed E-state index contributed by atoms with van der Waals surface area (Å²) in [6.45, 7) is 5.35. The van der Waals surface area contributed by atoms with E-state index in [0.29, 0.717) is 12.1 Å². The molecule has 0 bridgehead atoms. The molecule has 2 atom stereocenters. The van der Waals surface area contributed by atoms with Crippen molar-refractivity contribution in [3.8, 4) is 0 Å². The van der Waals surface area contributed by atoms with E-state index in [1.165, 1.54) is 5.69 Å². The van der Waals surface area contributed by atoms with E-state index < -0.39 is 0 Å². The fourth-order valence-corrected chi connectivity index (χ4v) is 2.88. The summed E-state index contributed by atoms with van der Waals surface area (Å²) in [7, 11) is 4.24. The van der Waals surface area contributed by atoms with Crippen LogP contribution in [0.25, 0.3) is 0 Å². The van der Waals surface area contributed by atoms with Gasteiger partial charge in [-0.25, -0.2) is 0 Å². The molecule has 3 nitrogen and oxygen atoms in total. The smallest absolute Gasteiger partial charge is 0.0544 e.